The molecule has 0 aliphatic rings. The van der Waals surface area contributed by atoms with E-state index in [2.05, 4.69) is 20.3 Å². The van der Waals surface area contributed by atoms with Gasteiger partial charge in [-0.3, -0.25) is 0 Å². The van der Waals surface area contributed by atoms with E-state index >= 15 is 0 Å². The van der Waals surface area contributed by atoms with Crippen molar-refractivity contribution >= 4 is 22.5 Å². The van der Waals surface area contributed by atoms with E-state index in [1.165, 1.54) is 15.9 Å². The molecule has 0 saturated heterocycles. The molecule has 0 amide bonds. The first-order valence-electron chi connectivity index (χ1n) is 6.66. The number of nitriles is 2. The van der Waals surface area contributed by atoms with Gasteiger partial charge >= 0.3 is 0 Å². The predicted molar refractivity (Wildman–Crippen MR) is 82.3 cm³/mol. The molecule has 112 valence electrons. The molecule has 0 unspecified atom stereocenters. The summed E-state index contributed by atoms with van der Waals surface area (Å²) in [5.41, 5.74) is 7.84. The van der Waals surface area contributed by atoms with Crippen molar-refractivity contribution in [1.82, 2.24) is 25.0 Å². The van der Waals surface area contributed by atoms with Gasteiger partial charge in [-0.15, -0.1) is 5.10 Å². The summed E-state index contributed by atoms with van der Waals surface area (Å²) in [6, 6.07) is 11.4. The maximum atomic E-state index is 8.90. The van der Waals surface area contributed by atoms with E-state index in [4.69, 9.17) is 16.3 Å². The molecule has 2 heterocycles. The Hall–Kier alpha value is -3.72. The number of hydrogen-bond acceptors (Lipinski definition) is 8. The fourth-order valence-corrected chi connectivity index (χ4v) is 2.20. The van der Waals surface area contributed by atoms with Crippen molar-refractivity contribution in [2.75, 3.05) is 23.7 Å². The van der Waals surface area contributed by atoms with Crippen molar-refractivity contribution in [2.45, 2.75) is 0 Å². The topological polar surface area (TPSA) is 133 Å². The van der Waals surface area contributed by atoms with Crippen LogP contribution < -0.4 is 10.6 Å². The normalized spacial score (nSPS) is 10.2. The highest BCUT2D eigenvalue weighted by Gasteiger charge is 2.18. The first-order chi connectivity index (χ1) is 11.3. The van der Waals surface area contributed by atoms with Gasteiger partial charge in [0, 0.05) is 0 Å². The Morgan fingerprint density at radius 3 is 2.61 bits per heavy atom. The van der Waals surface area contributed by atoms with Crippen LogP contribution in [0.4, 0.5) is 11.5 Å². The number of benzene rings is 1. The zero-order valence-corrected chi connectivity index (χ0v) is 12.0. The van der Waals surface area contributed by atoms with E-state index < -0.39 is 0 Å². The minimum absolute atomic E-state index is 0.00762. The minimum atomic E-state index is -0.00762. The quantitative estimate of drug-likeness (QED) is 0.694. The van der Waals surface area contributed by atoms with E-state index in [-0.39, 0.29) is 18.8 Å². The van der Waals surface area contributed by atoms with Gasteiger partial charge in [-0.05, 0) is 12.1 Å². The van der Waals surface area contributed by atoms with Crippen LogP contribution in [-0.2, 0) is 0 Å². The molecule has 1 aromatic carbocycles. The molecule has 0 spiro atoms. The lowest BCUT2D eigenvalue weighted by atomic mass is 10.3. The number of anilines is 2. The molecule has 0 bridgehead atoms. The summed E-state index contributed by atoms with van der Waals surface area (Å²) in [5, 5.41) is 25.9. The molecule has 0 fully saturated rings. The highest BCUT2D eigenvalue weighted by atomic mass is 15.4. The van der Waals surface area contributed by atoms with Crippen molar-refractivity contribution in [2.24, 2.45) is 0 Å². The van der Waals surface area contributed by atoms with Crippen molar-refractivity contribution in [3.63, 3.8) is 0 Å². The molecular formula is C14H11N9. The fourth-order valence-electron chi connectivity index (χ4n) is 2.20. The van der Waals surface area contributed by atoms with Gasteiger partial charge in [-0.1, -0.05) is 17.3 Å². The van der Waals surface area contributed by atoms with Gasteiger partial charge in [0.15, 0.2) is 11.6 Å². The van der Waals surface area contributed by atoms with Crippen LogP contribution in [0.25, 0.3) is 16.9 Å². The summed E-state index contributed by atoms with van der Waals surface area (Å²) >= 11 is 0. The largest absolute Gasteiger partial charge is 0.393 e. The number of nitrogens with two attached hydrogens (primary N) is 1. The SMILES string of the molecule is N#CCN(CC#N)c1ncnc(-n2nnc3ccccc32)c1N. The molecule has 0 radical (unpaired) electrons. The average Bonchev–Trinajstić information content (AvgIpc) is 2.99. The molecule has 9 nitrogen and oxygen atoms in total. The van der Waals surface area contributed by atoms with Gasteiger partial charge in [-0.2, -0.15) is 15.2 Å². The molecule has 0 saturated carbocycles. The summed E-state index contributed by atoms with van der Waals surface area (Å²) in [5.74, 6) is 0.669. The molecule has 3 rings (SSSR count). The number of hydrogen-bond donors (Lipinski definition) is 1. The second-order valence-corrected chi connectivity index (χ2v) is 4.60. The van der Waals surface area contributed by atoms with Gasteiger partial charge in [0.25, 0.3) is 0 Å². The highest BCUT2D eigenvalue weighted by Crippen LogP contribution is 2.26. The van der Waals surface area contributed by atoms with Crippen molar-refractivity contribution < 1.29 is 0 Å². The smallest absolute Gasteiger partial charge is 0.184 e. The fraction of sp³-hybridized carbons (Fsp3) is 0.143. The Morgan fingerprint density at radius 2 is 1.87 bits per heavy atom. The third-order valence-corrected chi connectivity index (χ3v) is 3.22. The molecule has 2 N–H and O–H groups in total. The molecule has 2 aromatic heterocycles. The second kappa shape index (κ2) is 5.95. The highest BCUT2D eigenvalue weighted by molar-refractivity contribution is 5.79. The number of nitrogens with zero attached hydrogens (tertiary/aromatic N) is 8. The van der Waals surface area contributed by atoms with E-state index in [1.54, 1.807) is 0 Å². The zero-order chi connectivity index (χ0) is 16.2. The summed E-state index contributed by atoms with van der Waals surface area (Å²) in [6.07, 6.45) is 1.32. The summed E-state index contributed by atoms with van der Waals surface area (Å²) < 4.78 is 1.51. The maximum Gasteiger partial charge on any atom is 0.184 e. The first kappa shape index (κ1) is 14.2. The van der Waals surface area contributed by atoms with Gasteiger partial charge in [0.05, 0.1) is 17.7 Å². The predicted octanol–water partition coefficient (Wildman–Crippen LogP) is 0.646. The lowest BCUT2D eigenvalue weighted by molar-refractivity contribution is 0.796. The summed E-state index contributed by atoms with van der Waals surface area (Å²) in [6.45, 7) is -0.0152. The van der Waals surface area contributed by atoms with Crippen LogP contribution in [0.5, 0.6) is 0 Å². The Kier molecular flexibility index (Phi) is 3.68. The zero-order valence-electron chi connectivity index (χ0n) is 12.0. The van der Waals surface area contributed by atoms with Gasteiger partial charge in [-0.25, -0.2) is 9.97 Å². The Morgan fingerprint density at radius 1 is 1.13 bits per heavy atom. The van der Waals surface area contributed by atoms with E-state index in [0.717, 1.165) is 5.52 Å². The van der Waals surface area contributed by atoms with Crippen molar-refractivity contribution in [3.05, 3.63) is 30.6 Å². The van der Waals surface area contributed by atoms with Gasteiger partial charge in [0.1, 0.15) is 30.6 Å². The number of aromatic nitrogens is 5. The molecule has 9 heteroatoms. The van der Waals surface area contributed by atoms with Crippen LogP contribution in [-0.4, -0.2) is 38.1 Å². The van der Waals surface area contributed by atoms with E-state index in [1.807, 2.05) is 36.4 Å². The van der Waals surface area contributed by atoms with Crippen LogP contribution in [0.1, 0.15) is 0 Å². The molecule has 0 aliphatic carbocycles. The van der Waals surface area contributed by atoms with Crippen molar-refractivity contribution in [1.29, 1.82) is 10.5 Å². The average molecular weight is 305 g/mol. The molecule has 3 aromatic rings. The van der Waals surface area contributed by atoms with E-state index in [9.17, 15) is 0 Å². The maximum absolute atomic E-state index is 8.90. The first-order valence-corrected chi connectivity index (χ1v) is 6.66. The van der Waals surface area contributed by atoms with Crippen LogP contribution in [0.2, 0.25) is 0 Å². The van der Waals surface area contributed by atoms with Gasteiger partial charge in [0.2, 0.25) is 0 Å². The Bertz CT molecular complexity index is 915. The van der Waals surface area contributed by atoms with Crippen LogP contribution in [0, 0.1) is 22.7 Å². The minimum Gasteiger partial charge on any atom is -0.393 e. The third-order valence-electron chi connectivity index (χ3n) is 3.22. The lowest BCUT2D eigenvalue weighted by Crippen LogP contribution is -2.26. The third kappa shape index (κ3) is 2.47. The lowest BCUT2D eigenvalue weighted by Gasteiger charge is -2.19. The number of para-hydroxylation sites is 1. The molecule has 0 atom stereocenters. The van der Waals surface area contributed by atoms with E-state index in [0.29, 0.717) is 17.2 Å². The monoisotopic (exact) mass is 305 g/mol. The Labute approximate surface area is 131 Å². The number of fused-ring (bicyclic) bond motifs is 1. The van der Waals surface area contributed by atoms with Gasteiger partial charge < -0.3 is 10.6 Å². The summed E-state index contributed by atoms with van der Waals surface area (Å²) in [4.78, 5) is 9.73. The molecule has 23 heavy (non-hydrogen) atoms. The van der Waals surface area contributed by atoms with Crippen LogP contribution in [0.3, 0.4) is 0 Å². The molecular weight excluding hydrogens is 294 g/mol. The Balaban J connectivity index is 2.13. The van der Waals surface area contributed by atoms with Crippen LogP contribution in [0.15, 0.2) is 30.6 Å². The molecule has 0 aliphatic heterocycles. The number of rotatable bonds is 4. The van der Waals surface area contributed by atoms with Crippen LogP contribution >= 0.6 is 0 Å². The number of nitrogen functional groups attached to an aromatic ring is 1. The summed E-state index contributed by atoms with van der Waals surface area (Å²) in [7, 11) is 0. The second-order valence-electron chi connectivity index (χ2n) is 4.60. The standard InChI is InChI=1S/C14H11N9/c15-5-7-22(8-6-16)13-12(17)14(19-9-18-13)23-11-4-2-1-3-10(11)20-21-23/h1-4,9H,7-8,17H2. The van der Waals surface area contributed by atoms with Crippen molar-refractivity contribution in [3.8, 4) is 18.0 Å².